The van der Waals surface area contributed by atoms with Crippen LogP contribution in [-0.4, -0.2) is 48.6 Å². The maximum absolute atomic E-state index is 13.0. The maximum Gasteiger partial charge on any atom is 0.123 e. The largest absolute Gasteiger partial charge is 0.329 e. The number of rotatable bonds is 5. The van der Waals surface area contributed by atoms with Crippen molar-refractivity contribution in [2.45, 2.75) is 32.4 Å². The molecular formula is C16H26FN3. The van der Waals surface area contributed by atoms with Crippen LogP contribution in [0.15, 0.2) is 24.3 Å². The lowest BCUT2D eigenvalue weighted by Gasteiger charge is -2.41. The van der Waals surface area contributed by atoms with E-state index in [9.17, 15) is 4.39 Å². The third kappa shape index (κ3) is 3.57. The minimum Gasteiger partial charge on any atom is -0.329 e. The molecular weight excluding hydrogens is 253 g/mol. The van der Waals surface area contributed by atoms with Crippen molar-refractivity contribution in [3.05, 3.63) is 35.6 Å². The molecule has 1 aliphatic rings. The number of hydrogen-bond donors (Lipinski definition) is 1. The second kappa shape index (κ2) is 7.16. The smallest absolute Gasteiger partial charge is 0.123 e. The van der Waals surface area contributed by atoms with E-state index >= 15 is 0 Å². The average Bonchev–Trinajstić information content (AvgIpc) is 2.50. The van der Waals surface area contributed by atoms with Gasteiger partial charge in [0.15, 0.2) is 0 Å². The highest BCUT2D eigenvalue weighted by atomic mass is 19.1. The lowest BCUT2D eigenvalue weighted by atomic mass is 10.0. The van der Waals surface area contributed by atoms with Crippen molar-refractivity contribution in [3.8, 4) is 0 Å². The quantitative estimate of drug-likeness (QED) is 0.897. The van der Waals surface area contributed by atoms with Crippen LogP contribution in [0.4, 0.5) is 4.39 Å². The second-order valence-corrected chi connectivity index (χ2v) is 5.63. The van der Waals surface area contributed by atoms with E-state index in [1.54, 1.807) is 0 Å². The normalized spacial score (nSPS) is 20.8. The molecule has 0 spiro atoms. The molecule has 0 saturated carbocycles. The van der Waals surface area contributed by atoms with Crippen LogP contribution in [0.25, 0.3) is 0 Å². The third-order valence-corrected chi connectivity index (χ3v) is 4.48. The third-order valence-electron chi connectivity index (χ3n) is 4.48. The van der Waals surface area contributed by atoms with Crippen LogP contribution < -0.4 is 5.73 Å². The van der Waals surface area contributed by atoms with Gasteiger partial charge < -0.3 is 5.73 Å². The molecule has 1 saturated heterocycles. The van der Waals surface area contributed by atoms with Crippen LogP contribution in [-0.2, 0) is 0 Å². The number of benzene rings is 1. The summed E-state index contributed by atoms with van der Waals surface area (Å²) in [6, 6.07) is 7.61. The molecule has 1 heterocycles. The van der Waals surface area contributed by atoms with Crippen molar-refractivity contribution >= 4 is 0 Å². The van der Waals surface area contributed by atoms with Crippen molar-refractivity contribution in [1.29, 1.82) is 0 Å². The summed E-state index contributed by atoms with van der Waals surface area (Å²) in [6.07, 6.45) is 1.19. The molecule has 112 valence electrons. The number of halogens is 1. The Kier molecular flexibility index (Phi) is 5.52. The Morgan fingerprint density at radius 2 is 1.65 bits per heavy atom. The first kappa shape index (κ1) is 15.4. The lowest BCUT2D eigenvalue weighted by Crippen LogP contribution is -2.51. The van der Waals surface area contributed by atoms with Crippen molar-refractivity contribution in [1.82, 2.24) is 9.80 Å². The minimum absolute atomic E-state index is 0.189. The molecule has 2 rings (SSSR count). The van der Waals surface area contributed by atoms with Gasteiger partial charge >= 0.3 is 0 Å². The summed E-state index contributed by atoms with van der Waals surface area (Å²) in [5.74, 6) is -0.189. The van der Waals surface area contributed by atoms with Gasteiger partial charge in [-0.2, -0.15) is 0 Å². The molecule has 1 aromatic carbocycles. The highest BCUT2D eigenvalue weighted by Crippen LogP contribution is 2.22. The van der Waals surface area contributed by atoms with E-state index in [4.69, 9.17) is 5.73 Å². The number of nitrogens with two attached hydrogens (primary N) is 1. The molecule has 2 atom stereocenters. The predicted molar refractivity (Wildman–Crippen MR) is 81.1 cm³/mol. The summed E-state index contributed by atoms with van der Waals surface area (Å²) in [5.41, 5.74) is 7.06. The van der Waals surface area contributed by atoms with Crippen molar-refractivity contribution in [2.75, 3.05) is 32.7 Å². The van der Waals surface area contributed by atoms with Gasteiger partial charge in [-0.15, -0.1) is 0 Å². The molecule has 2 N–H and O–H groups in total. The molecule has 3 nitrogen and oxygen atoms in total. The molecule has 0 bridgehead atoms. The molecule has 4 heteroatoms. The molecule has 20 heavy (non-hydrogen) atoms. The summed E-state index contributed by atoms with van der Waals surface area (Å²) in [7, 11) is 0. The Balaban J connectivity index is 1.98. The van der Waals surface area contributed by atoms with Crippen LogP contribution in [0.3, 0.4) is 0 Å². The Morgan fingerprint density at radius 3 is 2.15 bits per heavy atom. The highest BCUT2D eigenvalue weighted by Gasteiger charge is 2.25. The zero-order chi connectivity index (χ0) is 14.5. The standard InChI is InChI=1S/C16H26FN3/c1-3-13(2)19-8-10-20(11-9-19)16(12-18)14-4-6-15(17)7-5-14/h4-7,13,16H,3,8-12,18H2,1-2H3. The molecule has 2 unspecified atom stereocenters. The van der Waals surface area contributed by atoms with Crippen LogP contribution in [0.5, 0.6) is 0 Å². The monoisotopic (exact) mass is 279 g/mol. The fourth-order valence-electron chi connectivity index (χ4n) is 2.93. The van der Waals surface area contributed by atoms with E-state index in [0.717, 1.165) is 31.7 Å². The first-order chi connectivity index (χ1) is 9.65. The zero-order valence-electron chi connectivity index (χ0n) is 12.6. The zero-order valence-corrected chi connectivity index (χ0v) is 12.6. The van der Waals surface area contributed by atoms with Gasteiger partial charge in [0.25, 0.3) is 0 Å². The Hall–Kier alpha value is -0.970. The minimum atomic E-state index is -0.189. The number of piperazine rings is 1. The van der Waals surface area contributed by atoms with Gasteiger partial charge in [-0.05, 0) is 31.0 Å². The van der Waals surface area contributed by atoms with Gasteiger partial charge in [-0.1, -0.05) is 19.1 Å². The van der Waals surface area contributed by atoms with Crippen LogP contribution in [0, 0.1) is 5.82 Å². The molecule has 0 aliphatic carbocycles. The Labute approximate surface area is 121 Å². The van der Waals surface area contributed by atoms with Gasteiger partial charge in [0.2, 0.25) is 0 Å². The molecule has 0 aromatic heterocycles. The fourth-order valence-corrected chi connectivity index (χ4v) is 2.93. The van der Waals surface area contributed by atoms with Gasteiger partial charge in [-0.25, -0.2) is 4.39 Å². The van der Waals surface area contributed by atoms with Crippen molar-refractivity contribution < 1.29 is 4.39 Å². The Morgan fingerprint density at radius 1 is 1.10 bits per heavy atom. The summed E-state index contributed by atoms with van der Waals surface area (Å²) < 4.78 is 13.0. The van der Waals surface area contributed by atoms with Crippen molar-refractivity contribution in [3.63, 3.8) is 0 Å². The average molecular weight is 279 g/mol. The predicted octanol–water partition coefficient (Wildman–Crippen LogP) is 2.24. The fraction of sp³-hybridized carbons (Fsp3) is 0.625. The topological polar surface area (TPSA) is 32.5 Å². The molecule has 0 radical (unpaired) electrons. The first-order valence-electron chi connectivity index (χ1n) is 7.59. The van der Waals surface area contributed by atoms with Crippen LogP contribution in [0.1, 0.15) is 31.9 Å². The van der Waals surface area contributed by atoms with E-state index in [1.807, 2.05) is 12.1 Å². The SMILES string of the molecule is CCC(C)N1CCN(C(CN)c2ccc(F)cc2)CC1. The summed E-state index contributed by atoms with van der Waals surface area (Å²) in [6.45, 7) is 9.34. The van der Waals surface area contributed by atoms with Gasteiger partial charge in [0, 0.05) is 44.8 Å². The summed E-state index contributed by atoms with van der Waals surface area (Å²) in [5, 5.41) is 0. The molecule has 1 aromatic rings. The lowest BCUT2D eigenvalue weighted by molar-refractivity contribution is 0.0743. The highest BCUT2D eigenvalue weighted by molar-refractivity contribution is 5.20. The van der Waals surface area contributed by atoms with E-state index in [-0.39, 0.29) is 11.9 Å². The first-order valence-corrected chi connectivity index (χ1v) is 7.59. The second-order valence-electron chi connectivity index (χ2n) is 5.63. The van der Waals surface area contributed by atoms with E-state index < -0.39 is 0 Å². The molecule has 0 amide bonds. The van der Waals surface area contributed by atoms with Crippen molar-refractivity contribution in [2.24, 2.45) is 5.73 Å². The van der Waals surface area contributed by atoms with E-state index in [2.05, 4.69) is 23.6 Å². The Bertz CT molecular complexity index is 399. The maximum atomic E-state index is 13.0. The molecule has 1 aliphatic heterocycles. The molecule has 1 fully saturated rings. The van der Waals surface area contributed by atoms with E-state index in [0.29, 0.717) is 12.6 Å². The van der Waals surface area contributed by atoms with Crippen LogP contribution >= 0.6 is 0 Å². The van der Waals surface area contributed by atoms with Gasteiger partial charge in [-0.3, -0.25) is 9.80 Å². The number of hydrogen-bond acceptors (Lipinski definition) is 3. The van der Waals surface area contributed by atoms with Gasteiger partial charge in [0.05, 0.1) is 0 Å². The van der Waals surface area contributed by atoms with Gasteiger partial charge in [0.1, 0.15) is 5.82 Å². The number of nitrogens with zero attached hydrogens (tertiary/aromatic N) is 2. The van der Waals surface area contributed by atoms with E-state index in [1.165, 1.54) is 18.6 Å². The summed E-state index contributed by atoms with van der Waals surface area (Å²) >= 11 is 0. The van der Waals surface area contributed by atoms with Crippen LogP contribution in [0.2, 0.25) is 0 Å². The summed E-state index contributed by atoms with van der Waals surface area (Å²) in [4.78, 5) is 4.96.